The van der Waals surface area contributed by atoms with Gasteiger partial charge in [0.1, 0.15) is 11.5 Å². The van der Waals surface area contributed by atoms with Crippen LogP contribution in [0.5, 0.6) is 5.75 Å². The highest BCUT2D eigenvalue weighted by molar-refractivity contribution is 7.81. The average Bonchev–Trinajstić information content (AvgIpc) is 2.66. The van der Waals surface area contributed by atoms with Crippen LogP contribution in [0, 0.1) is 0 Å². The maximum absolute atomic E-state index is 12.2. The number of rotatable bonds is 8. The molecule has 0 saturated carbocycles. The number of ether oxygens (including phenoxy) is 1. The molecule has 0 saturated heterocycles. The molecule has 1 atom stereocenters. The molecule has 4 N–H and O–H groups in total. The third-order valence-corrected chi connectivity index (χ3v) is 4.35. The summed E-state index contributed by atoms with van der Waals surface area (Å²) >= 11 is 15.1. The van der Waals surface area contributed by atoms with Crippen molar-refractivity contribution in [2.24, 2.45) is 0 Å². The topological polar surface area (TPSA) is 91.5 Å². The Morgan fingerprint density at radius 2 is 1.78 bits per heavy atom. The summed E-state index contributed by atoms with van der Waals surface area (Å²) in [6.45, 7) is 0. The number of amides is 1. The first-order valence-corrected chi connectivity index (χ1v) is 10.2. The van der Waals surface area contributed by atoms with Crippen LogP contribution >= 0.6 is 36.4 Å². The van der Waals surface area contributed by atoms with Crippen LogP contribution in [0.3, 0.4) is 0 Å². The van der Waals surface area contributed by atoms with Crippen LogP contribution in [0.15, 0.2) is 48.5 Å². The number of thiol groups is 1. The number of benzene rings is 2. The fraction of sp³-hybridized carbons (Fsp3) is 0.211. The maximum atomic E-state index is 12.2. The van der Waals surface area contributed by atoms with E-state index < -0.39 is 29.8 Å². The second-order valence-corrected chi connectivity index (χ2v) is 7.76. The van der Waals surface area contributed by atoms with Crippen molar-refractivity contribution in [2.75, 3.05) is 10.6 Å². The van der Waals surface area contributed by atoms with Crippen LogP contribution in [-0.2, 0) is 9.59 Å². The number of halogens is 4. The van der Waals surface area contributed by atoms with Crippen molar-refractivity contribution in [3.05, 3.63) is 53.6 Å². The Morgan fingerprint density at radius 1 is 1.09 bits per heavy atom. The third-order valence-electron chi connectivity index (χ3n) is 3.60. The highest BCUT2D eigenvalue weighted by Gasteiger charge is 2.31. The number of hydrogen-bond donors (Lipinski definition) is 5. The molecular weight excluding hydrogens is 489 g/mol. The number of carbonyl (C=O) groups is 2. The molecular formula is C19H18ClF3N4O3S2. The van der Waals surface area contributed by atoms with E-state index >= 15 is 0 Å². The van der Waals surface area contributed by atoms with Crippen LogP contribution in [0.1, 0.15) is 12.8 Å². The summed E-state index contributed by atoms with van der Waals surface area (Å²) < 4.78 is 40.3. The van der Waals surface area contributed by atoms with Crippen LogP contribution < -0.4 is 26.2 Å². The minimum atomic E-state index is -4.78. The van der Waals surface area contributed by atoms with Crippen LogP contribution in [0.4, 0.5) is 24.5 Å². The van der Waals surface area contributed by atoms with Gasteiger partial charge in [-0.05, 0) is 54.7 Å². The first kappa shape index (κ1) is 25.6. The molecule has 0 heterocycles. The fourth-order valence-electron chi connectivity index (χ4n) is 2.36. The Bertz CT molecular complexity index is 962. The predicted molar refractivity (Wildman–Crippen MR) is 123 cm³/mol. The lowest BCUT2D eigenvalue weighted by Crippen LogP contribution is -2.44. The number of alkyl halides is 3. The zero-order valence-corrected chi connectivity index (χ0v) is 18.7. The van der Waals surface area contributed by atoms with E-state index in [0.717, 1.165) is 12.1 Å². The van der Waals surface area contributed by atoms with E-state index in [1.165, 1.54) is 12.1 Å². The Kier molecular flexibility index (Phi) is 9.42. The van der Waals surface area contributed by atoms with Gasteiger partial charge in [-0.2, -0.15) is 12.6 Å². The van der Waals surface area contributed by atoms with Crippen molar-refractivity contribution in [2.45, 2.75) is 24.6 Å². The summed E-state index contributed by atoms with van der Waals surface area (Å²) in [6, 6.07) is 11.7. The van der Waals surface area contributed by atoms with Crippen molar-refractivity contribution in [3.63, 3.8) is 0 Å². The molecule has 0 fully saturated rings. The average molecular weight is 507 g/mol. The van der Waals surface area contributed by atoms with Crippen LogP contribution in [0.2, 0.25) is 5.02 Å². The molecule has 32 heavy (non-hydrogen) atoms. The van der Waals surface area contributed by atoms with E-state index in [-0.39, 0.29) is 17.3 Å². The van der Waals surface area contributed by atoms with Gasteiger partial charge in [0.05, 0.1) is 11.8 Å². The van der Waals surface area contributed by atoms with Gasteiger partial charge in [0.25, 0.3) is 0 Å². The summed E-state index contributed by atoms with van der Waals surface area (Å²) in [5.74, 6) is -1.40. The lowest BCUT2D eigenvalue weighted by molar-refractivity contribution is -0.274. The molecule has 0 radical (unpaired) electrons. The van der Waals surface area contributed by atoms with Gasteiger partial charge in [0.2, 0.25) is 5.91 Å². The van der Waals surface area contributed by atoms with Gasteiger partial charge in [-0.3, -0.25) is 20.4 Å². The number of nitrogens with one attached hydrogen (secondary N) is 4. The summed E-state index contributed by atoms with van der Waals surface area (Å²) in [5, 5.41) is 5.59. The maximum Gasteiger partial charge on any atom is 0.573 e. The molecule has 7 nitrogen and oxygen atoms in total. The van der Waals surface area contributed by atoms with Gasteiger partial charge >= 0.3 is 6.36 Å². The normalized spacial score (nSPS) is 11.8. The first-order chi connectivity index (χ1) is 15.0. The molecule has 13 heteroatoms. The molecule has 1 amide bonds. The van der Waals surface area contributed by atoms with Gasteiger partial charge in [-0.15, -0.1) is 13.2 Å². The van der Waals surface area contributed by atoms with Gasteiger partial charge < -0.3 is 15.4 Å². The van der Waals surface area contributed by atoms with Gasteiger partial charge in [0, 0.05) is 22.8 Å². The molecule has 0 aromatic heterocycles. The van der Waals surface area contributed by atoms with Crippen LogP contribution in [-0.4, -0.2) is 28.5 Å². The minimum absolute atomic E-state index is 0.0970. The third kappa shape index (κ3) is 10.1. The first-order valence-electron chi connectivity index (χ1n) is 8.94. The van der Waals surface area contributed by atoms with E-state index in [9.17, 15) is 22.8 Å². The van der Waals surface area contributed by atoms with E-state index in [4.69, 9.17) is 23.8 Å². The van der Waals surface area contributed by atoms with Crippen molar-refractivity contribution >= 4 is 64.6 Å². The minimum Gasteiger partial charge on any atom is -0.406 e. The van der Waals surface area contributed by atoms with Gasteiger partial charge in [-0.25, -0.2) is 0 Å². The van der Waals surface area contributed by atoms with E-state index in [1.54, 1.807) is 24.3 Å². The number of hydrogen-bond acceptors (Lipinski definition) is 6. The summed E-state index contributed by atoms with van der Waals surface area (Å²) in [6.07, 6.45) is -5.32. The fourth-order valence-corrected chi connectivity index (χ4v) is 3.07. The Labute approximate surface area is 197 Å². The van der Waals surface area contributed by atoms with Crippen molar-refractivity contribution in [3.8, 4) is 5.75 Å². The lowest BCUT2D eigenvalue weighted by Gasteiger charge is -2.15. The number of ketones is 1. The smallest absolute Gasteiger partial charge is 0.406 e. The van der Waals surface area contributed by atoms with Crippen molar-refractivity contribution in [1.29, 1.82) is 0 Å². The number of anilines is 2. The standard InChI is InChI=1S/C19H18ClF3N4O3S2/c20-11-2-1-3-13(8-11)25-18(32)27-26-16(29)9-14(28)10-17(31)24-12-4-6-15(7-5-12)30-19(21,22)23/h1-8,17,24,31H,9-10H2,(H,26,29)(H2,25,27,32). The molecule has 0 aliphatic carbocycles. The molecule has 0 aliphatic heterocycles. The number of hydrazine groups is 1. The Hall–Kier alpha value is -2.70. The molecule has 2 aromatic carbocycles. The van der Waals surface area contributed by atoms with Crippen molar-refractivity contribution < 1.29 is 27.5 Å². The van der Waals surface area contributed by atoms with E-state index in [1.807, 2.05) is 0 Å². The molecule has 172 valence electrons. The summed E-state index contributed by atoms with van der Waals surface area (Å²) in [5.41, 5.74) is 5.81. The summed E-state index contributed by atoms with van der Waals surface area (Å²) in [4.78, 5) is 24.0. The zero-order valence-electron chi connectivity index (χ0n) is 16.2. The zero-order chi connectivity index (χ0) is 23.7. The predicted octanol–water partition coefficient (Wildman–Crippen LogP) is 4.27. The number of Topliss-reactive ketones (excluding diaryl/α,β-unsaturated/α-hetero) is 1. The largest absolute Gasteiger partial charge is 0.573 e. The van der Waals surface area contributed by atoms with E-state index in [2.05, 4.69) is 38.9 Å². The molecule has 1 unspecified atom stereocenters. The van der Waals surface area contributed by atoms with Gasteiger partial charge in [-0.1, -0.05) is 17.7 Å². The number of carbonyl (C=O) groups excluding carboxylic acids is 2. The molecule has 0 spiro atoms. The molecule has 2 aromatic rings. The molecule has 0 aliphatic rings. The molecule has 2 rings (SSSR count). The second-order valence-electron chi connectivity index (χ2n) is 6.29. The van der Waals surface area contributed by atoms with E-state index in [0.29, 0.717) is 16.4 Å². The highest BCUT2D eigenvalue weighted by Crippen LogP contribution is 2.24. The second kappa shape index (κ2) is 11.8. The Morgan fingerprint density at radius 3 is 2.41 bits per heavy atom. The highest BCUT2D eigenvalue weighted by atomic mass is 35.5. The quantitative estimate of drug-likeness (QED) is 0.120. The number of thiocarbonyl (C=S) groups is 1. The van der Waals surface area contributed by atoms with Crippen LogP contribution in [0.25, 0.3) is 0 Å². The van der Waals surface area contributed by atoms with Gasteiger partial charge in [0.15, 0.2) is 5.11 Å². The van der Waals surface area contributed by atoms with Crippen molar-refractivity contribution in [1.82, 2.24) is 10.9 Å². The summed E-state index contributed by atoms with van der Waals surface area (Å²) in [7, 11) is 0. The molecule has 0 bridgehead atoms. The Balaban J connectivity index is 1.70. The SMILES string of the molecule is O=C(CC(=O)NNC(=S)Nc1cccc(Cl)c1)CC(S)Nc1ccc(OC(F)(F)F)cc1. The lowest BCUT2D eigenvalue weighted by atomic mass is 10.2. The monoisotopic (exact) mass is 506 g/mol.